The topological polar surface area (TPSA) is 110 Å². The van der Waals surface area contributed by atoms with E-state index in [0.717, 1.165) is 0 Å². The highest BCUT2D eigenvalue weighted by atomic mass is 16.7. The van der Waals surface area contributed by atoms with Crippen molar-refractivity contribution in [1.29, 1.82) is 0 Å². The summed E-state index contributed by atoms with van der Waals surface area (Å²) < 4.78 is 4.27. The maximum absolute atomic E-state index is 11.2. The summed E-state index contributed by atoms with van der Waals surface area (Å²) >= 11 is 0. The Bertz CT molecular complexity index is 348. The van der Waals surface area contributed by atoms with E-state index in [9.17, 15) is 19.2 Å². The third kappa shape index (κ3) is 3.74. The highest BCUT2D eigenvalue weighted by Gasteiger charge is 2.33. The molecule has 1 saturated heterocycles. The Kier molecular flexibility index (Phi) is 4.02. The lowest BCUT2D eigenvalue weighted by molar-refractivity contribution is -0.198. The maximum atomic E-state index is 11.2. The maximum Gasteiger partial charge on any atom is 0.506 e. The standard InChI is InChI=1S/C9H11NO7/c1-5(16-9(14)15)4-8(13)17-10-6(11)2-3-7(10)12/h5H,2-4H2,1H3,(H,14,15). The Hall–Kier alpha value is -2.12. The predicted molar refractivity (Wildman–Crippen MR) is 50.4 cm³/mol. The van der Waals surface area contributed by atoms with E-state index in [1.54, 1.807) is 0 Å². The molecule has 2 amide bonds. The van der Waals surface area contributed by atoms with Crippen molar-refractivity contribution in [3.8, 4) is 0 Å². The largest absolute Gasteiger partial charge is 0.506 e. The second kappa shape index (κ2) is 5.28. The first-order valence-corrected chi connectivity index (χ1v) is 4.86. The van der Waals surface area contributed by atoms with Gasteiger partial charge in [0.2, 0.25) is 0 Å². The van der Waals surface area contributed by atoms with Crippen LogP contribution in [-0.4, -0.2) is 40.2 Å². The Morgan fingerprint density at radius 1 is 1.35 bits per heavy atom. The molecule has 1 heterocycles. The molecule has 1 atom stereocenters. The molecule has 0 aliphatic carbocycles. The lowest BCUT2D eigenvalue weighted by atomic mass is 10.3. The molecule has 0 spiro atoms. The van der Waals surface area contributed by atoms with Gasteiger partial charge in [-0.2, -0.15) is 0 Å². The van der Waals surface area contributed by atoms with Crippen LogP contribution in [0.4, 0.5) is 4.79 Å². The molecule has 1 aliphatic rings. The smallest absolute Gasteiger partial charge is 0.450 e. The van der Waals surface area contributed by atoms with Crippen LogP contribution in [-0.2, 0) is 24.0 Å². The van der Waals surface area contributed by atoms with Crippen molar-refractivity contribution in [2.75, 3.05) is 0 Å². The van der Waals surface area contributed by atoms with Crippen molar-refractivity contribution in [2.24, 2.45) is 0 Å². The fraction of sp³-hybridized carbons (Fsp3) is 0.556. The Morgan fingerprint density at radius 2 is 1.88 bits per heavy atom. The number of carbonyl (C=O) groups excluding carboxylic acids is 3. The average molecular weight is 245 g/mol. The van der Waals surface area contributed by atoms with Crippen LogP contribution in [0.25, 0.3) is 0 Å². The zero-order chi connectivity index (χ0) is 13.0. The summed E-state index contributed by atoms with van der Waals surface area (Å²) in [4.78, 5) is 48.1. The summed E-state index contributed by atoms with van der Waals surface area (Å²) in [5, 5.41) is 8.67. The number of hydroxylamine groups is 2. The quantitative estimate of drug-likeness (QED) is 0.551. The molecule has 1 N–H and O–H groups in total. The van der Waals surface area contributed by atoms with Gasteiger partial charge in [0.1, 0.15) is 6.10 Å². The molecule has 94 valence electrons. The van der Waals surface area contributed by atoms with Crippen LogP contribution in [0, 0.1) is 0 Å². The van der Waals surface area contributed by atoms with E-state index in [-0.39, 0.29) is 19.3 Å². The molecule has 0 aromatic rings. The fourth-order valence-electron chi connectivity index (χ4n) is 1.25. The van der Waals surface area contributed by atoms with E-state index in [1.165, 1.54) is 6.92 Å². The van der Waals surface area contributed by atoms with Crippen molar-refractivity contribution in [3.05, 3.63) is 0 Å². The van der Waals surface area contributed by atoms with Crippen molar-refractivity contribution in [1.82, 2.24) is 5.06 Å². The number of nitrogens with zero attached hydrogens (tertiary/aromatic N) is 1. The van der Waals surface area contributed by atoms with Gasteiger partial charge in [0.05, 0.1) is 6.42 Å². The van der Waals surface area contributed by atoms with Gasteiger partial charge in [-0.05, 0) is 6.92 Å². The van der Waals surface area contributed by atoms with Crippen molar-refractivity contribution < 1.29 is 33.9 Å². The van der Waals surface area contributed by atoms with Crippen LogP contribution < -0.4 is 0 Å². The summed E-state index contributed by atoms with van der Waals surface area (Å²) in [5.74, 6) is -2.08. The highest BCUT2D eigenvalue weighted by molar-refractivity contribution is 6.01. The third-order valence-corrected chi connectivity index (χ3v) is 1.95. The number of ether oxygens (including phenoxy) is 1. The van der Waals surface area contributed by atoms with Crippen LogP contribution in [0.5, 0.6) is 0 Å². The number of amides is 2. The Labute approximate surface area is 96.0 Å². The van der Waals surface area contributed by atoms with Crippen LogP contribution in [0.1, 0.15) is 26.2 Å². The molecule has 17 heavy (non-hydrogen) atoms. The van der Waals surface area contributed by atoms with Crippen molar-refractivity contribution >= 4 is 23.9 Å². The van der Waals surface area contributed by atoms with Gasteiger partial charge in [-0.1, -0.05) is 0 Å². The third-order valence-electron chi connectivity index (χ3n) is 1.95. The van der Waals surface area contributed by atoms with Gasteiger partial charge in [0.25, 0.3) is 11.8 Å². The zero-order valence-corrected chi connectivity index (χ0v) is 9.04. The van der Waals surface area contributed by atoms with Gasteiger partial charge in [0, 0.05) is 12.8 Å². The van der Waals surface area contributed by atoms with E-state index in [2.05, 4.69) is 9.57 Å². The number of hydrogen-bond donors (Lipinski definition) is 1. The molecule has 1 fully saturated rings. The van der Waals surface area contributed by atoms with E-state index in [4.69, 9.17) is 5.11 Å². The van der Waals surface area contributed by atoms with Gasteiger partial charge in [0.15, 0.2) is 0 Å². The average Bonchev–Trinajstić information content (AvgIpc) is 2.47. The molecular formula is C9H11NO7. The zero-order valence-electron chi connectivity index (χ0n) is 9.04. The lowest BCUT2D eigenvalue weighted by Gasteiger charge is -2.14. The number of carboxylic acid groups (broad SMARTS) is 1. The Balaban J connectivity index is 2.41. The summed E-state index contributed by atoms with van der Waals surface area (Å²) in [5.41, 5.74) is 0. The second-order valence-corrected chi connectivity index (χ2v) is 3.44. The van der Waals surface area contributed by atoms with Gasteiger partial charge < -0.3 is 14.7 Å². The van der Waals surface area contributed by atoms with Gasteiger partial charge >= 0.3 is 12.1 Å². The molecule has 1 rings (SSSR count). The predicted octanol–water partition coefficient (Wildman–Crippen LogP) is 0.0668. The summed E-state index contributed by atoms with van der Waals surface area (Å²) in [7, 11) is 0. The first kappa shape index (κ1) is 12.9. The van der Waals surface area contributed by atoms with Crippen LogP contribution in [0.15, 0.2) is 0 Å². The first-order chi connectivity index (χ1) is 7.90. The molecule has 0 saturated carbocycles. The summed E-state index contributed by atoms with van der Waals surface area (Å²) in [6.07, 6.45) is -2.78. The minimum Gasteiger partial charge on any atom is -0.450 e. The molecule has 0 aromatic heterocycles. The Morgan fingerprint density at radius 3 is 2.35 bits per heavy atom. The number of imide groups is 1. The van der Waals surface area contributed by atoms with Gasteiger partial charge in [-0.3, -0.25) is 9.59 Å². The van der Waals surface area contributed by atoms with Crippen molar-refractivity contribution in [2.45, 2.75) is 32.3 Å². The molecule has 0 radical (unpaired) electrons. The van der Waals surface area contributed by atoms with Gasteiger partial charge in [-0.15, -0.1) is 5.06 Å². The minimum atomic E-state index is -1.52. The first-order valence-electron chi connectivity index (χ1n) is 4.86. The monoisotopic (exact) mass is 245 g/mol. The van der Waals surface area contributed by atoms with E-state index < -0.39 is 30.0 Å². The summed E-state index contributed by atoms with van der Waals surface area (Å²) in [6, 6.07) is 0. The van der Waals surface area contributed by atoms with Crippen LogP contribution in [0.3, 0.4) is 0 Å². The van der Waals surface area contributed by atoms with E-state index in [1.807, 2.05) is 0 Å². The SMILES string of the molecule is CC(CC(=O)ON1C(=O)CCC1=O)OC(=O)O. The molecule has 8 nitrogen and oxygen atoms in total. The van der Waals surface area contributed by atoms with Crippen molar-refractivity contribution in [3.63, 3.8) is 0 Å². The number of rotatable bonds is 4. The minimum absolute atomic E-state index is 0.00723. The van der Waals surface area contributed by atoms with E-state index in [0.29, 0.717) is 5.06 Å². The van der Waals surface area contributed by atoms with Crippen LogP contribution in [0.2, 0.25) is 0 Å². The molecule has 0 bridgehead atoms. The highest BCUT2D eigenvalue weighted by Crippen LogP contribution is 2.13. The molecule has 0 aromatic carbocycles. The normalized spacial score (nSPS) is 16.9. The van der Waals surface area contributed by atoms with E-state index >= 15 is 0 Å². The van der Waals surface area contributed by atoms with Gasteiger partial charge in [-0.25, -0.2) is 9.59 Å². The number of hydrogen-bond acceptors (Lipinski definition) is 6. The molecule has 8 heteroatoms. The second-order valence-electron chi connectivity index (χ2n) is 3.44. The fourth-order valence-corrected chi connectivity index (χ4v) is 1.25. The molecular weight excluding hydrogens is 234 g/mol. The molecule has 1 unspecified atom stereocenters. The van der Waals surface area contributed by atoms with Crippen LogP contribution >= 0.6 is 0 Å². The molecule has 1 aliphatic heterocycles. The summed E-state index contributed by atoms with van der Waals surface area (Å²) in [6.45, 7) is 1.35. The number of carbonyl (C=O) groups is 4. The lowest BCUT2D eigenvalue weighted by Crippen LogP contribution is -2.33.